The number of hydrogen-bond acceptors (Lipinski definition) is 5. The average Bonchev–Trinajstić information content (AvgIpc) is 3.20. The Hall–Kier alpha value is -2.64. The zero-order valence-electron chi connectivity index (χ0n) is 18.7. The van der Waals surface area contributed by atoms with Gasteiger partial charge in [0.25, 0.3) is 0 Å². The van der Waals surface area contributed by atoms with E-state index in [1.54, 1.807) is 11.8 Å². The maximum atomic E-state index is 12.6. The number of benzene rings is 2. The average molecular weight is 450 g/mol. The third-order valence-corrected chi connectivity index (χ3v) is 6.81. The fraction of sp³-hybridized carbons (Fsp3) is 0.400. The summed E-state index contributed by atoms with van der Waals surface area (Å²) in [5.41, 5.74) is 2.42. The monoisotopic (exact) mass is 449 g/mol. The molecule has 2 aromatic carbocycles. The second-order valence-electron chi connectivity index (χ2n) is 8.15. The van der Waals surface area contributed by atoms with Crippen LogP contribution in [0.4, 0.5) is 0 Å². The van der Waals surface area contributed by atoms with Gasteiger partial charge in [0.1, 0.15) is 5.82 Å². The summed E-state index contributed by atoms with van der Waals surface area (Å²) in [4.78, 5) is 17.1. The van der Waals surface area contributed by atoms with E-state index in [-0.39, 0.29) is 5.91 Å². The highest BCUT2D eigenvalue weighted by Crippen LogP contribution is 2.23. The normalized spacial score (nSPS) is 14.6. The Kier molecular flexibility index (Phi) is 7.96. The van der Waals surface area contributed by atoms with Crippen LogP contribution in [0.15, 0.2) is 65.8 Å². The highest BCUT2D eigenvalue weighted by molar-refractivity contribution is 7.99. The lowest BCUT2D eigenvalue weighted by atomic mass is 10.2. The molecule has 32 heavy (non-hydrogen) atoms. The molecule has 1 amide bonds. The molecule has 7 heteroatoms. The van der Waals surface area contributed by atoms with Gasteiger partial charge in [-0.2, -0.15) is 0 Å². The van der Waals surface area contributed by atoms with Crippen LogP contribution >= 0.6 is 11.8 Å². The van der Waals surface area contributed by atoms with Gasteiger partial charge in [-0.3, -0.25) is 14.3 Å². The van der Waals surface area contributed by atoms with Gasteiger partial charge >= 0.3 is 0 Å². The molecule has 6 nitrogen and oxygen atoms in total. The molecular weight excluding hydrogens is 418 g/mol. The first kappa shape index (κ1) is 22.6. The summed E-state index contributed by atoms with van der Waals surface area (Å²) in [6, 6.07) is 20.7. The Balaban J connectivity index is 1.15. The molecule has 1 aliphatic rings. The maximum absolute atomic E-state index is 12.6. The number of carbonyl (C=O) groups is 1. The van der Waals surface area contributed by atoms with E-state index in [1.165, 1.54) is 5.56 Å². The number of hydrogen-bond donors (Lipinski definition) is 0. The van der Waals surface area contributed by atoms with Gasteiger partial charge in [0.15, 0.2) is 5.16 Å². The minimum Gasteiger partial charge on any atom is -0.340 e. The van der Waals surface area contributed by atoms with Crippen molar-refractivity contribution < 1.29 is 4.79 Å². The van der Waals surface area contributed by atoms with Crippen molar-refractivity contribution in [1.29, 1.82) is 0 Å². The summed E-state index contributed by atoms with van der Waals surface area (Å²) >= 11 is 1.71. The summed E-state index contributed by atoms with van der Waals surface area (Å²) in [6.45, 7) is 6.51. The van der Waals surface area contributed by atoms with E-state index in [1.807, 2.05) is 36.1 Å². The van der Waals surface area contributed by atoms with Crippen LogP contribution in [-0.4, -0.2) is 62.4 Å². The van der Waals surface area contributed by atoms with Gasteiger partial charge in [0, 0.05) is 50.6 Å². The molecule has 0 aliphatic carbocycles. The summed E-state index contributed by atoms with van der Waals surface area (Å²) in [5.74, 6) is 2.11. The summed E-state index contributed by atoms with van der Waals surface area (Å²) in [7, 11) is 0. The molecule has 0 N–H and O–H groups in total. The van der Waals surface area contributed by atoms with E-state index in [0.29, 0.717) is 6.42 Å². The van der Waals surface area contributed by atoms with Crippen molar-refractivity contribution in [1.82, 2.24) is 24.6 Å². The lowest BCUT2D eigenvalue weighted by Crippen LogP contribution is -2.48. The van der Waals surface area contributed by atoms with Crippen LogP contribution in [0.25, 0.3) is 5.69 Å². The number of rotatable bonds is 9. The molecule has 3 aromatic rings. The predicted molar refractivity (Wildman–Crippen MR) is 129 cm³/mol. The summed E-state index contributed by atoms with van der Waals surface area (Å²) < 4.78 is 2.09. The molecule has 0 bridgehead atoms. The quantitative estimate of drug-likeness (QED) is 0.362. The highest BCUT2D eigenvalue weighted by atomic mass is 32.2. The smallest absolute Gasteiger partial charge is 0.222 e. The number of para-hydroxylation sites is 1. The molecule has 1 aliphatic heterocycles. The summed E-state index contributed by atoms with van der Waals surface area (Å²) in [6.07, 6.45) is 2.53. The first-order valence-corrected chi connectivity index (χ1v) is 12.3. The predicted octanol–water partition coefficient (Wildman–Crippen LogP) is 4.18. The highest BCUT2D eigenvalue weighted by Gasteiger charge is 2.20. The number of carbonyl (C=O) groups excluding carboxylic acids is 1. The van der Waals surface area contributed by atoms with Gasteiger partial charge in [0.2, 0.25) is 5.91 Å². The number of unbranched alkanes of at least 4 members (excludes halogenated alkanes) is 1. The van der Waals surface area contributed by atoms with E-state index in [0.717, 1.165) is 68.0 Å². The minimum absolute atomic E-state index is 0.289. The molecular formula is C25H31N5OS. The van der Waals surface area contributed by atoms with Crippen LogP contribution in [0.2, 0.25) is 0 Å². The van der Waals surface area contributed by atoms with E-state index < -0.39 is 0 Å². The van der Waals surface area contributed by atoms with E-state index >= 15 is 0 Å². The van der Waals surface area contributed by atoms with E-state index in [2.05, 4.69) is 56.1 Å². The number of aryl methyl sites for hydroxylation is 1. The minimum atomic E-state index is 0.289. The Morgan fingerprint density at radius 3 is 2.31 bits per heavy atom. The van der Waals surface area contributed by atoms with Gasteiger partial charge in [-0.15, -0.1) is 10.2 Å². The molecule has 0 saturated carbocycles. The van der Waals surface area contributed by atoms with Crippen molar-refractivity contribution in [3.8, 4) is 5.69 Å². The fourth-order valence-corrected chi connectivity index (χ4v) is 5.00. The Labute approximate surface area is 194 Å². The Morgan fingerprint density at radius 2 is 1.59 bits per heavy atom. The molecule has 4 rings (SSSR count). The van der Waals surface area contributed by atoms with Gasteiger partial charge in [0.05, 0.1) is 0 Å². The topological polar surface area (TPSA) is 54.3 Å². The largest absolute Gasteiger partial charge is 0.340 e. The standard InChI is InChI=1S/C25H31N5OS/c1-21-26-27-25(30(21)23-12-6-3-7-13-23)32-19-9-8-14-24(31)29-17-15-28(16-18-29)20-22-10-4-2-5-11-22/h2-7,10-13H,8-9,14-20H2,1H3. The molecule has 0 atom stereocenters. The van der Waals surface area contributed by atoms with Crippen molar-refractivity contribution in [3.63, 3.8) is 0 Å². The van der Waals surface area contributed by atoms with Gasteiger partial charge in [-0.05, 0) is 37.5 Å². The number of amides is 1. The zero-order chi connectivity index (χ0) is 22.2. The van der Waals surface area contributed by atoms with Crippen LogP contribution in [-0.2, 0) is 11.3 Å². The van der Waals surface area contributed by atoms with Crippen molar-refractivity contribution in [3.05, 3.63) is 72.1 Å². The molecule has 0 spiro atoms. The number of aromatic nitrogens is 3. The Bertz CT molecular complexity index is 984. The van der Waals surface area contributed by atoms with Gasteiger partial charge in [-0.25, -0.2) is 0 Å². The van der Waals surface area contributed by atoms with Crippen LogP contribution < -0.4 is 0 Å². The van der Waals surface area contributed by atoms with Crippen molar-refractivity contribution >= 4 is 17.7 Å². The fourth-order valence-electron chi connectivity index (χ4n) is 4.01. The van der Waals surface area contributed by atoms with Gasteiger partial charge < -0.3 is 4.90 Å². The van der Waals surface area contributed by atoms with Crippen LogP contribution in [0.5, 0.6) is 0 Å². The number of thioether (sulfide) groups is 1. The van der Waals surface area contributed by atoms with Gasteiger partial charge in [-0.1, -0.05) is 60.3 Å². The maximum Gasteiger partial charge on any atom is 0.222 e. The lowest BCUT2D eigenvalue weighted by molar-refractivity contribution is -0.133. The SMILES string of the molecule is Cc1nnc(SCCCCC(=O)N2CCN(Cc3ccccc3)CC2)n1-c1ccccc1. The third kappa shape index (κ3) is 5.99. The number of nitrogens with zero attached hydrogens (tertiary/aromatic N) is 5. The second kappa shape index (κ2) is 11.3. The van der Waals surface area contributed by atoms with Crippen molar-refractivity contribution in [2.24, 2.45) is 0 Å². The molecule has 1 fully saturated rings. The first-order chi connectivity index (χ1) is 15.7. The van der Waals surface area contributed by atoms with Crippen molar-refractivity contribution in [2.75, 3.05) is 31.9 Å². The van der Waals surface area contributed by atoms with Crippen LogP contribution in [0.3, 0.4) is 0 Å². The molecule has 2 heterocycles. The number of piperazine rings is 1. The first-order valence-electron chi connectivity index (χ1n) is 11.3. The molecule has 0 unspecified atom stereocenters. The lowest BCUT2D eigenvalue weighted by Gasteiger charge is -2.34. The van der Waals surface area contributed by atoms with Crippen LogP contribution in [0.1, 0.15) is 30.7 Å². The molecule has 0 radical (unpaired) electrons. The van der Waals surface area contributed by atoms with Crippen molar-refractivity contribution in [2.45, 2.75) is 37.9 Å². The second-order valence-corrected chi connectivity index (χ2v) is 9.21. The van der Waals surface area contributed by atoms with Crippen LogP contribution in [0, 0.1) is 6.92 Å². The molecule has 168 valence electrons. The Morgan fingerprint density at radius 1 is 0.906 bits per heavy atom. The van der Waals surface area contributed by atoms with E-state index in [9.17, 15) is 4.79 Å². The zero-order valence-corrected chi connectivity index (χ0v) is 19.5. The third-order valence-electron chi connectivity index (χ3n) is 5.80. The molecule has 1 saturated heterocycles. The van der Waals surface area contributed by atoms with E-state index in [4.69, 9.17) is 0 Å². The molecule has 1 aromatic heterocycles. The summed E-state index contributed by atoms with van der Waals surface area (Å²) in [5, 5.41) is 9.48.